The zero-order chi connectivity index (χ0) is 12.6. The summed E-state index contributed by atoms with van der Waals surface area (Å²) in [4.78, 5) is 21.8. The molecule has 0 aromatic heterocycles. The Hall–Kier alpha value is -0.750. The third-order valence-electron chi connectivity index (χ3n) is 2.07. The third-order valence-corrected chi connectivity index (χ3v) is 3.05. The SMILES string of the molecule is CC(C)[C@@H](CO)NC(=O)CCSCC(N)=O. The lowest BCUT2D eigenvalue weighted by molar-refractivity contribution is -0.122. The smallest absolute Gasteiger partial charge is 0.227 e. The van der Waals surface area contributed by atoms with E-state index in [2.05, 4.69) is 5.32 Å². The summed E-state index contributed by atoms with van der Waals surface area (Å²) in [6.07, 6.45) is 0.334. The van der Waals surface area contributed by atoms with Gasteiger partial charge in [-0.1, -0.05) is 13.8 Å². The van der Waals surface area contributed by atoms with E-state index in [1.165, 1.54) is 11.8 Å². The van der Waals surface area contributed by atoms with Gasteiger partial charge in [0.25, 0.3) is 0 Å². The Balaban J connectivity index is 3.68. The molecule has 94 valence electrons. The Kier molecular flexibility index (Phi) is 8.01. The number of hydrogen-bond donors (Lipinski definition) is 3. The van der Waals surface area contributed by atoms with Gasteiger partial charge in [-0.15, -0.1) is 0 Å². The fourth-order valence-corrected chi connectivity index (χ4v) is 1.71. The first kappa shape index (κ1) is 15.2. The highest BCUT2D eigenvalue weighted by atomic mass is 32.2. The van der Waals surface area contributed by atoms with Crippen molar-refractivity contribution in [3.8, 4) is 0 Å². The lowest BCUT2D eigenvalue weighted by Crippen LogP contribution is -2.41. The number of primary amides is 1. The van der Waals surface area contributed by atoms with Crippen molar-refractivity contribution in [1.29, 1.82) is 0 Å². The first-order chi connectivity index (χ1) is 7.47. The van der Waals surface area contributed by atoms with Crippen LogP contribution in [0, 0.1) is 5.92 Å². The summed E-state index contributed by atoms with van der Waals surface area (Å²) < 4.78 is 0. The van der Waals surface area contributed by atoms with Crippen LogP contribution in [0.3, 0.4) is 0 Å². The average molecular weight is 248 g/mol. The quantitative estimate of drug-likeness (QED) is 0.515. The molecule has 5 nitrogen and oxygen atoms in total. The molecule has 4 N–H and O–H groups in total. The molecule has 0 spiro atoms. The summed E-state index contributed by atoms with van der Waals surface area (Å²) in [5.41, 5.74) is 4.96. The second kappa shape index (κ2) is 8.41. The van der Waals surface area contributed by atoms with Crippen molar-refractivity contribution in [2.24, 2.45) is 11.7 Å². The number of nitrogens with two attached hydrogens (primary N) is 1. The van der Waals surface area contributed by atoms with Crippen molar-refractivity contribution in [2.75, 3.05) is 18.1 Å². The maximum atomic E-state index is 11.4. The van der Waals surface area contributed by atoms with Crippen molar-refractivity contribution in [3.63, 3.8) is 0 Å². The van der Waals surface area contributed by atoms with Crippen molar-refractivity contribution < 1.29 is 14.7 Å². The summed E-state index contributed by atoms with van der Waals surface area (Å²) in [7, 11) is 0. The molecule has 6 heteroatoms. The van der Waals surface area contributed by atoms with Crippen molar-refractivity contribution in [1.82, 2.24) is 5.32 Å². The number of aliphatic hydroxyl groups is 1. The highest BCUT2D eigenvalue weighted by molar-refractivity contribution is 7.99. The van der Waals surface area contributed by atoms with E-state index in [0.29, 0.717) is 12.2 Å². The Labute approximate surface area is 100 Å². The van der Waals surface area contributed by atoms with Crippen molar-refractivity contribution >= 4 is 23.6 Å². The molecule has 1 atom stereocenters. The summed E-state index contributed by atoms with van der Waals surface area (Å²) in [5.74, 6) is 0.518. The Bertz CT molecular complexity index is 234. The van der Waals surface area contributed by atoms with E-state index in [0.717, 1.165) is 0 Å². The van der Waals surface area contributed by atoms with E-state index in [4.69, 9.17) is 10.8 Å². The predicted molar refractivity (Wildman–Crippen MR) is 65.0 cm³/mol. The Morgan fingerprint density at radius 3 is 2.50 bits per heavy atom. The fraction of sp³-hybridized carbons (Fsp3) is 0.800. The van der Waals surface area contributed by atoms with Crippen LogP contribution in [0.4, 0.5) is 0 Å². The van der Waals surface area contributed by atoms with Crippen LogP contribution < -0.4 is 11.1 Å². The first-order valence-electron chi connectivity index (χ1n) is 5.23. The molecule has 0 fully saturated rings. The number of carbonyl (C=O) groups excluding carboxylic acids is 2. The van der Waals surface area contributed by atoms with Crippen LogP contribution in [0.5, 0.6) is 0 Å². The molecule has 0 saturated carbocycles. The molecular formula is C10H20N2O3S. The van der Waals surface area contributed by atoms with Crippen LogP contribution >= 0.6 is 11.8 Å². The molecule has 0 aliphatic rings. The molecule has 0 radical (unpaired) electrons. The largest absolute Gasteiger partial charge is 0.394 e. The molecule has 0 unspecified atom stereocenters. The standard InChI is InChI=1S/C10H20N2O3S/c1-7(2)8(5-13)12-10(15)3-4-16-6-9(11)14/h7-8,13H,3-6H2,1-2H3,(H2,11,14)(H,12,15)/t8-/m1/s1. The van der Waals surface area contributed by atoms with Gasteiger partial charge >= 0.3 is 0 Å². The summed E-state index contributed by atoms with van der Waals surface area (Å²) in [5, 5.41) is 11.7. The zero-order valence-corrected chi connectivity index (χ0v) is 10.5. The van der Waals surface area contributed by atoms with Crippen molar-refractivity contribution in [2.45, 2.75) is 26.3 Å². The van der Waals surface area contributed by atoms with E-state index >= 15 is 0 Å². The second-order valence-electron chi connectivity index (χ2n) is 3.87. The maximum absolute atomic E-state index is 11.4. The number of amides is 2. The maximum Gasteiger partial charge on any atom is 0.227 e. The number of rotatable bonds is 8. The first-order valence-corrected chi connectivity index (χ1v) is 6.39. The molecule has 2 amide bonds. The monoisotopic (exact) mass is 248 g/mol. The van der Waals surface area contributed by atoms with Gasteiger partial charge < -0.3 is 16.2 Å². The zero-order valence-electron chi connectivity index (χ0n) is 9.73. The molecule has 16 heavy (non-hydrogen) atoms. The lowest BCUT2D eigenvalue weighted by atomic mass is 10.1. The predicted octanol–water partition coefficient (Wildman–Crippen LogP) is -0.272. The highest BCUT2D eigenvalue weighted by Crippen LogP contribution is 2.04. The topological polar surface area (TPSA) is 92.4 Å². The molecule has 0 saturated heterocycles. The minimum absolute atomic E-state index is 0.0577. The molecule has 0 aromatic carbocycles. The normalized spacial score (nSPS) is 12.5. The summed E-state index contributed by atoms with van der Waals surface area (Å²) >= 11 is 1.33. The number of thioether (sulfide) groups is 1. The molecule has 0 heterocycles. The second-order valence-corrected chi connectivity index (χ2v) is 4.97. The summed E-state index contributed by atoms with van der Waals surface area (Å²) in [6.45, 7) is 3.81. The van der Waals surface area contributed by atoms with Crippen LogP contribution in [-0.4, -0.2) is 41.1 Å². The molecule has 0 bridgehead atoms. The van der Waals surface area contributed by atoms with Crippen LogP contribution in [0.15, 0.2) is 0 Å². The van der Waals surface area contributed by atoms with E-state index < -0.39 is 0 Å². The van der Waals surface area contributed by atoms with Gasteiger partial charge in [-0.05, 0) is 5.92 Å². The minimum atomic E-state index is -0.374. The van der Waals surface area contributed by atoms with Crippen LogP contribution in [0.2, 0.25) is 0 Å². The molecule has 0 aromatic rings. The fourth-order valence-electron chi connectivity index (χ4n) is 1.04. The number of hydrogen-bond acceptors (Lipinski definition) is 4. The van der Waals surface area contributed by atoms with E-state index in [9.17, 15) is 9.59 Å². The minimum Gasteiger partial charge on any atom is -0.394 e. The Morgan fingerprint density at radius 1 is 1.44 bits per heavy atom. The van der Waals surface area contributed by atoms with Crippen LogP contribution in [0.25, 0.3) is 0 Å². The van der Waals surface area contributed by atoms with E-state index in [-0.39, 0.29) is 36.1 Å². The van der Waals surface area contributed by atoms with Gasteiger partial charge in [0.1, 0.15) is 0 Å². The van der Waals surface area contributed by atoms with Crippen LogP contribution in [0.1, 0.15) is 20.3 Å². The summed E-state index contributed by atoms with van der Waals surface area (Å²) in [6, 6.07) is -0.200. The molecular weight excluding hydrogens is 228 g/mol. The lowest BCUT2D eigenvalue weighted by Gasteiger charge is -2.19. The Morgan fingerprint density at radius 2 is 2.06 bits per heavy atom. The van der Waals surface area contributed by atoms with Crippen LogP contribution in [-0.2, 0) is 9.59 Å². The number of nitrogens with one attached hydrogen (secondary N) is 1. The average Bonchev–Trinajstić information content (AvgIpc) is 2.20. The van der Waals surface area contributed by atoms with Gasteiger partial charge in [0.15, 0.2) is 0 Å². The number of aliphatic hydroxyl groups excluding tert-OH is 1. The van der Waals surface area contributed by atoms with Gasteiger partial charge in [-0.2, -0.15) is 11.8 Å². The van der Waals surface area contributed by atoms with Gasteiger partial charge in [0.05, 0.1) is 18.4 Å². The molecule has 0 aliphatic carbocycles. The third kappa shape index (κ3) is 7.53. The van der Waals surface area contributed by atoms with Gasteiger partial charge in [0, 0.05) is 12.2 Å². The highest BCUT2D eigenvalue weighted by Gasteiger charge is 2.14. The van der Waals surface area contributed by atoms with E-state index in [1.807, 2.05) is 13.8 Å². The molecule has 0 rings (SSSR count). The van der Waals surface area contributed by atoms with Gasteiger partial charge in [-0.3, -0.25) is 9.59 Å². The van der Waals surface area contributed by atoms with Gasteiger partial charge in [-0.25, -0.2) is 0 Å². The molecule has 0 aliphatic heterocycles. The number of carbonyl (C=O) groups is 2. The van der Waals surface area contributed by atoms with E-state index in [1.54, 1.807) is 0 Å². The van der Waals surface area contributed by atoms with Crippen molar-refractivity contribution in [3.05, 3.63) is 0 Å². The van der Waals surface area contributed by atoms with Gasteiger partial charge in [0.2, 0.25) is 11.8 Å².